The van der Waals surface area contributed by atoms with Crippen LogP contribution in [0.5, 0.6) is 0 Å². The van der Waals surface area contributed by atoms with E-state index in [1.54, 1.807) is 0 Å². The second kappa shape index (κ2) is 7.71. The summed E-state index contributed by atoms with van der Waals surface area (Å²) in [5.74, 6) is 0. The lowest BCUT2D eigenvalue weighted by Gasteiger charge is -2.49. The van der Waals surface area contributed by atoms with Crippen LogP contribution in [0.15, 0.2) is 78.9 Å². The van der Waals surface area contributed by atoms with E-state index in [1.165, 1.54) is 53.5 Å². The molecule has 0 saturated carbocycles. The largest absolute Gasteiger partial charge is 0.286 e. The Morgan fingerprint density at radius 2 is 1.17 bits per heavy atom. The van der Waals surface area contributed by atoms with E-state index in [0.29, 0.717) is 18.1 Å². The highest BCUT2D eigenvalue weighted by Crippen LogP contribution is 2.51. The minimum absolute atomic E-state index is 0.283. The number of nitrogens with zero attached hydrogens (tertiary/aromatic N) is 1. The lowest BCUT2D eigenvalue weighted by molar-refractivity contribution is 0.0633. The minimum atomic E-state index is 0.283. The molecule has 0 aromatic heterocycles. The molecule has 1 nitrogen and oxygen atoms in total. The smallest absolute Gasteiger partial charge is 0.0611 e. The molecular formula is C29H33N. The molecule has 1 heteroatoms. The van der Waals surface area contributed by atoms with Crippen LogP contribution in [0.1, 0.15) is 66.5 Å². The van der Waals surface area contributed by atoms with Crippen molar-refractivity contribution in [3.05, 3.63) is 107 Å². The van der Waals surface area contributed by atoms with Crippen molar-refractivity contribution < 1.29 is 0 Å². The fourth-order valence-corrected chi connectivity index (χ4v) is 6.29. The van der Waals surface area contributed by atoms with E-state index < -0.39 is 0 Å². The van der Waals surface area contributed by atoms with E-state index in [-0.39, 0.29) is 5.41 Å². The third-order valence-electron chi connectivity index (χ3n) is 7.78. The average Bonchev–Trinajstić information content (AvgIpc) is 3.02. The van der Waals surface area contributed by atoms with Gasteiger partial charge in [0, 0.05) is 12.1 Å². The van der Waals surface area contributed by atoms with Gasteiger partial charge in [-0.15, -0.1) is 0 Å². The van der Waals surface area contributed by atoms with E-state index in [1.807, 2.05) is 0 Å². The molecule has 2 fully saturated rings. The molecule has 3 aromatic rings. The quantitative estimate of drug-likeness (QED) is 0.461. The third kappa shape index (κ3) is 3.30. The number of hydrogen-bond acceptors (Lipinski definition) is 1. The van der Waals surface area contributed by atoms with Gasteiger partial charge >= 0.3 is 0 Å². The summed E-state index contributed by atoms with van der Waals surface area (Å²) in [6.07, 6.45) is 5.15. The first-order valence-corrected chi connectivity index (χ1v) is 11.5. The van der Waals surface area contributed by atoms with Crippen LogP contribution in [0.4, 0.5) is 0 Å². The lowest BCUT2D eigenvalue weighted by atomic mass is 9.70. The highest BCUT2D eigenvalue weighted by molar-refractivity contribution is 5.41. The fraction of sp³-hybridized carbons (Fsp3) is 0.379. The summed E-state index contributed by atoms with van der Waals surface area (Å²) in [7, 11) is 0. The summed E-state index contributed by atoms with van der Waals surface area (Å²) < 4.78 is 0. The SMILES string of the molecule is Cc1ccccc1C(c1ccccc1C)N1C2CCC1CC(C)(c1ccccc1)C2. The number of aryl methyl sites for hydroxylation is 2. The van der Waals surface area contributed by atoms with Gasteiger partial charge in [-0.25, -0.2) is 0 Å². The third-order valence-corrected chi connectivity index (χ3v) is 7.78. The molecule has 30 heavy (non-hydrogen) atoms. The summed E-state index contributed by atoms with van der Waals surface area (Å²) in [5.41, 5.74) is 7.57. The van der Waals surface area contributed by atoms with Crippen LogP contribution in [-0.2, 0) is 5.41 Å². The summed E-state index contributed by atoms with van der Waals surface area (Å²) in [4.78, 5) is 2.90. The maximum absolute atomic E-state index is 2.90. The molecule has 2 heterocycles. The van der Waals surface area contributed by atoms with Crippen LogP contribution >= 0.6 is 0 Å². The normalized spacial score (nSPS) is 26.3. The first-order chi connectivity index (χ1) is 14.6. The van der Waals surface area contributed by atoms with Crippen molar-refractivity contribution in [3.8, 4) is 0 Å². The first-order valence-electron chi connectivity index (χ1n) is 11.5. The van der Waals surface area contributed by atoms with Gasteiger partial charge in [0.1, 0.15) is 0 Å². The molecule has 0 radical (unpaired) electrons. The van der Waals surface area contributed by atoms with Gasteiger partial charge in [-0.3, -0.25) is 4.90 Å². The molecule has 154 valence electrons. The van der Waals surface area contributed by atoms with Gasteiger partial charge in [0.05, 0.1) is 6.04 Å². The molecule has 2 atom stereocenters. The first kappa shape index (κ1) is 19.6. The molecule has 3 aromatic carbocycles. The average molecular weight is 396 g/mol. The van der Waals surface area contributed by atoms with Gasteiger partial charge in [0.15, 0.2) is 0 Å². The molecule has 0 N–H and O–H groups in total. The zero-order chi connectivity index (χ0) is 20.7. The van der Waals surface area contributed by atoms with E-state index >= 15 is 0 Å². The Labute approximate surface area is 181 Å². The van der Waals surface area contributed by atoms with Gasteiger partial charge < -0.3 is 0 Å². The number of piperidine rings is 1. The molecule has 5 rings (SSSR count). The predicted molar refractivity (Wildman–Crippen MR) is 126 cm³/mol. The van der Waals surface area contributed by atoms with Gasteiger partial charge in [-0.2, -0.15) is 0 Å². The van der Waals surface area contributed by atoms with Crippen LogP contribution in [0.25, 0.3) is 0 Å². The Hall–Kier alpha value is -2.38. The summed E-state index contributed by atoms with van der Waals surface area (Å²) >= 11 is 0. The lowest BCUT2D eigenvalue weighted by Crippen LogP contribution is -2.50. The Kier molecular flexibility index (Phi) is 5.03. The maximum Gasteiger partial charge on any atom is 0.0611 e. The van der Waals surface area contributed by atoms with Crippen LogP contribution in [0.3, 0.4) is 0 Å². The molecule has 2 bridgehead atoms. The number of benzene rings is 3. The number of hydrogen-bond donors (Lipinski definition) is 0. The van der Waals surface area contributed by atoms with E-state index in [0.717, 1.165) is 0 Å². The van der Waals surface area contributed by atoms with Gasteiger partial charge in [-0.05, 0) is 72.8 Å². The molecule has 2 unspecified atom stereocenters. The molecular weight excluding hydrogens is 362 g/mol. The zero-order valence-electron chi connectivity index (χ0n) is 18.5. The highest BCUT2D eigenvalue weighted by atomic mass is 15.3. The molecule has 0 spiro atoms. The molecule has 2 saturated heterocycles. The van der Waals surface area contributed by atoms with Crippen molar-refractivity contribution in [1.29, 1.82) is 0 Å². The Morgan fingerprint density at radius 3 is 1.67 bits per heavy atom. The van der Waals surface area contributed by atoms with Crippen molar-refractivity contribution in [2.24, 2.45) is 0 Å². The number of rotatable bonds is 4. The summed E-state index contributed by atoms with van der Waals surface area (Å²) in [5, 5.41) is 0. The summed E-state index contributed by atoms with van der Waals surface area (Å²) in [6, 6.07) is 30.9. The van der Waals surface area contributed by atoms with Crippen molar-refractivity contribution >= 4 is 0 Å². The topological polar surface area (TPSA) is 3.24 Å². The van der Waals surface area contributed by atoms with Gasteiger partial charge in [-0.1, -0.05) is 85.8 Å². The Balaban J connectivity index is 1.57. The van der Waals surface area contributed by atoms with Crippen LogP contribution in [0, 0.1) is 13.8 Å². The fourth-order valence-electron chi connectivity index (χ4n) is 6.29. The highest BCUT2D eigenvalue weighted by Gasteiger charge is 2.49. The minimum Gasteiger partial charge on any atom is -0.286 e. The van der Waals surface area contributed by atoms with E-state index in [4.69, 9.17) is 0 Å². The predicted octanol–water partition coefficient (Wildman–Crippen LogP) is 6.98. The monoisotopic (exact) mass is 395 g/mol. The van der Waals surface area contributed by atoms with Crippen molar-refractivity contribution in [2.75, 3.05) is 0 Å². The van der Waals surface area contributed by atoms with E-state index in [9.17, 15) is 0 Å². The molecule has 2 aliphatic heterocycles. The van der Waals surface area contributed by atoms with Crippen molar-refractivity contribution in [3.63, 3.8) is 0 Å². The zero-order valence-corrected chi connectivity index (χ0v) is 18.5. The van der Waals surface area contributed by atoms with Gasteiger partial charge in [0.2, 0.25) is 0 Å². The molecule has 0 amide bonds. The Morgan fingerprint density at radius 1 is 0.700 bits per heavy atom. The van der Waals surface area contributed by atoms with Crippen molar-refractivity contribution in [1.82, 2.24) is 4.90 Å². The maximum atomic E-state index is 2.90. The number of fused-ring (bicyclic) bond motifs is 2. The van der Waals surface area contributed by atoms with Crippen molar-refractivity contribution in [2.45, 2.75) is 70.0 Å². The standard InChI is InChI=1S/C29H33N/c1-21-11-7-9-15-26(21)28(27-16-10-8-12-22(27)2)30-24-17-18-25(30)20-29(3,19-24)23-13-5-4-6-14-23/h4-16,24-25,28H,17-20H2,1-3H3. The van der Waals surface area contributed by atoms with Crippen LogP contribution < -0.4 is 0 Å². The molecule has 0 aliphatic carbocycles. The van der Waals surface area contributed by atoms with Crippen LogP contribution in [-0.4, -0.2) is 17.0 Å². The second-order valence-electron chi connectivity index (χ2n) is 9.78. The van der Waals surface area contributed by atoms with Crippen LogP contribution in [0.2, 0.25) is 0 Å². The molecule has 2 aliphatic rings. The van der Waals surface area contributed by atoms with Gasteiger partial charge in [0.25, 0.3) is 0 Å². The van der Waals surface area contributed by atoms with E-state index in [2.05, 4.69) is 105 Å². The second-order valence-corrected chi connectivity index (χ2v) is 9.78. The Bertz CT molecular complexity index is 962. The summed E-state index contributed by atoms with van der Waals surface area (Å²) in [6.45, 7) is 7.06.